The molecule has 0 unspecified atom stereocenters. The highest BCUT2D eigenvalue weighted by atomic mass is 32.2. The van der Waals surface area contributed by atoms with Crippen LogP contribution in [-0.4, -0.2) is 29.1 Å². The molecule has 3 aromatic rings. The molecule has 1 aliphatic rings. The maximum absolute atomic E-state index is 13.8. The lowest BCUT2D eigenvalue weighted by molar-refractivity contribution is -0.136. The third-order valence-electron chi connectivity index (χ3n) is 5.52. The maximum atomic E-state index is 13.8. The molecule has 6 nitrogen and oxygen atoms in total. The summed E-state index contributed by atoms with van der Waals surface area (Å²) in [6.07, 6.45) is 1.05. The Kier molecular flexibility index (Phi) is 4.65. The Morgan fingerprint density at radius 1 is 1.23 bits per heavy atom. The summed E-state index contributed by atoms with van der Waals surface area (Å²) >= 11 is 0. The fourth-order valence-corrected chi connectivity index (χ4v) is 5.64. The topological polar surface area (TPSA) is 85.6 Å². The van der Waals surface area contributed by atoms with Crippen molar-refractivity contribution in [2.24, 2.45) is 0 Å². The van der Waals surface area contributed by atoms with Crippen molar-refractivity contribution in [3.05, 3.63) is 59.0 Å². The number of benzene rings is 2. The fraction of sp³-hybridized carbons (Fsp3) is 0.318. The molecule has 0 bridgehead atoms. The molecule has 2 heterocycles. The Morgan fingerprint density at radius 3 is 2.67 bits per heavy atom. The molecule has 1 aromatic heterocycles. The maximum Gasteiger partial charge on any atom is 0.307 e. The molecule has 0 atom stereocenters. The number of ether oxygens (including phenoxy) is 1. The van der Waals surface area contributed by atoms with Crippen LogP contribution in [0, 0.1) is 12.7 Å². The van der Waals surface area contributed by atoms with Gasteiger partial charge in [0.05, 0.1) is 16.8 Å². The van der Waals surface area contributed by atoms with Gasteiger partial charge >= 0.3 is 5.97 Å². The Balaban J connectivity index is 1.90. The third-order valence-corrected chi connectivity index (χ3v) is 7.33. The lowest BCUT2D eigenvalue weighted by atomic mass is 9.94. The Morgan fingerprint density at radius 2 is 1.97 bits per heavy atom. The van der Waals surface area contributed by atoms with Gasteiger partial charge in [0, 0.05) is 11.1 Å². The second kappa shape index (κ2) is 6.84. The molecular weight excluding hydrogens is 409 g/mol. The molecule has 30 heavy (non-hydrogen) atoms. The number of rotatable bonds is 4. The predicted octanol–water partition coefficient (Wildman–Crippen LogP) is 4.06. The van der Waals surface area contributed by atoms with Gasteiger partial charge in [-0.25, -0.2) is 16.8 Å². The zero-order chi connectivity index (χ0) is 21.8. The highest BCUT2D eigenvalue weighted by Gasteiger charge is 2.30. The van der Waals surface area contributed by atoms with Gasteiger partial charge < -0.3 is 9.84 Å². The molecule has 2 aromatic carbocycles. The molecule has 0 radical (unpaired) electrons. The number of aromatic nitrogens is 1. The summed E-state index contributed by atoms with van der Waals surface area (Å²) in [6, 6.07) is 8.45. The monoisotopic (exact) mass is 431 g/mol. The molecule has 1 N–H and O–H groups in total. The van der Waals surface area contributed by atoms with Crippen molar-refractivity contribution in [3.8, 4) is 5.75 Å². The Bertz CT molecular complexity index is 1290. The lowest BCUT2D eigenvalue weighted by Crippen LogP contribution is -2.32. The summed E-state index contributed by atoms with van der Waals surface area (Å²) < 4.78 is 48.0. The minimum Gasteiger partial charge on any atom is -0.488 e. The van der Waals surface area contributed by atoms with E-state index in [1.54, 1.807) is 12.1 Å². The van der Waals surface area contributed by atoms with Gasteiger partial charge in [-0.05, 0) is 81.1 Å². The van der Waals surface area contributed by atoms with Crippen LogP contribution in [-0.2, 0) is 27.7 Å². The van der Waals surface area contributed by atoms with Gasteiger partial charge in [0.2, 0.25) is 0 Å². The summed E-state index contributed by atoms with van der Waals surface area (Å²) in [6.45, 7) is 5.51. The van der Waals surface area contributed by atoms with Crippen LogP contribution in [0.5, 0.6) is 5.75 Å². The highest BCUT2D eigenvalue weighted by Crippen LogP contribution is 2.36. The van der Waals surface area contributed by atoms with Gasteiger partial charge in [-0.15, -0.1) is 0 Å². The number of carboxylic acid groups (broad SMARTS) is 1. The van der Waals surface area contributed by atoms with E-state index in [-0.39, 0.29) is 32.7 Å². The summed E-state index contributed by atoms with van der Waals surface area (Å²) in [7, 11) is -4.04. The fourth-order valence-electron chi connectivity index (χ4n) is 4.01. The standard InChI is InChI=1S/C22H22FNO5S/c1-13-17(12-21(25)26)18-11-15(23)4-6-19(18)24(13)30(27,28)16-5-7-20-14(10-16)8-9-22(2,3)29-20/h4-7,10-11H,8-9,12H2,1-3H3,(H,25,26). The first-order chi connectivity index (χ1) is 14.0. The van der Waals surface area contributed by atoms with Crippen LogP contribution in [0.2, 0.25) is 0 Å². The molecular formula is C22H22FNO5S. The minimum atomic E-state index is -4.04. The number of carboxylic acids is 1. The van der Waals surface area contributed by atoms with Gasteiger partial charge in [-0.2, -0.15) is 0 Å². The minimum absolute atomic E-state index is 0.0794. The Labute approximate surface area is 173 Å². The first kappa shape index (κ1) is 20.4. The molecule has 0 saturated heterocycles. The van der Waals surface area contributed by atoms with E-state index in [1.807, 2.05) is 13.8 Å². The van der Waals surface area contributed by atoms with E-state index < -0.39 is 28.2 Å². The van der Waals surface area contributed by atoms with Gasteiger partial charge in [0.1, 0.15) is 17.2 Å². The van der Waals surface area contributed by atoms with Gasteiger partial charge in [0.25, 0.3) is 10.0 Å². The second-order valence-electron chi connectivity index (χ2n) is 8.20. The number of aliphatic carboxylic acids is 1. The molecule has 0 saturated carbocycles. The predicted molar refractivity (Wildman–Crippen MR) is 110 cm³/mol. The van der Waals surface area contributed by atoms with Crippen LogP contribution in [0.15, 0.2) is 41.3 Å². The normalized spacial score (nSPS) is 15.6. The van der Waals surface area contributed by atoms with Crippen molar-refractivity contribution in [2.75, 3.05) is 0 Å². The van der Waals surface area contributed by atoms with E-state index in [9.17, 15) is 22.7 Å². The van der Waals surface area contributed by atoms with E-state index in [0.717, 1.165) is 16.0 Å². The number of hydrogen-bond donors (Lipinski definition) is 1. The number of carbonyl (C=O) groups is 1. The van der Waals surface area contributed by atoms with E-state index in [2.05, 4.69) is 0 Å². The zero-order valence-electron chi connectivity index (χ0n) is 16.9. The summed E-state index contributed by atoms with van der Waals surface area (Å²) in [5.41, 5.74) is 1.29. The van der Waals surface area contributed by atoms with Crippen molar-refractivity contribution in [1.29, 1.82) is 0 Å². The van der Waals surface area contributed by atoms with Crippen LogP contribution in [0.1, 0.15) is 37.1 Å². The van der Waals surface area contributed by atoms with Crippen LogP contribution in [0.25, 0.3) is 10.9 Å². The summed E-state index contributed by atoms with van der Waals surface area (Å²) in [5, 5.41) is 9.54. The average molecular weight is 431 g/mol. The number of fused-ring (bicyclic) bond motifs is 2. The average Bonchev–Trinajstić information content (AvgIpc) is 2.92. The third kappa shape index (κ3) is 3.35. The van der Waals surface area contributed by atoms with Gasteiger partial charge in [-0.1, -0.05) is 0 Å². The molecule has 1 aliphatic heterocycles. The van der Waals surface area contributed by atoms with Crippen molar-refractivity contribution >= 4 is 26.9 Å². The molecule has 0 aliphatic carbocycles. The molecule has 0 amide bonds. The first-order valence-electron chi connectivity index (χ1n) is 9.58. The Hall–Kier alpha value is -2.87. The van der Waals surface area contributed by atoms with E-state index in [1.165, 1.54) is 31.2 Å². The molecule has 4 rings (SSSR count). The van der Waals surface area contributed by atoms with E-state index in [0.29, 0.717) is 12.2 Å². The molecule has 8 heteroatoms. The highest BCUT2D eigenvalue weighted by molar-refractivity contribution is 7.90. The molecule has 158 valence electrons. The van der Waals surface area contributed by atoms with E-state index >= 15 is 0 Å². The van der Waals surface area contributed by atoms with Gasteiger partial charge in [-0.3, -0.25) is 4.79 Å². The quantitative estimate of drug-likeness (QED) is 0.673. The zero-order valence-corrected chi connectivity index (χ0v) is 17.7. The summed E-state index contributed by atoms with van der Waals surface area (Å²) in [5.74, 6) is -1.02. The molecule has 0 spiro atoms. The van der Waals surface area contributed by atoms with Gasteiger partial charge in [0.15, 0.2) is 0 Å². The SMILES string of the molecule is Cc1c(CC(=O)O)c2cc(F)ccc2n1S(=O)(=O)c1ccc2c(c1)CCC(C)(C)O2. The smallest absolute Gasteiger partial charge is 0.307 e. The van der Waals surface area contributed by atoms with Crippen molar-refractivity contribution in [3.63, 3.8) is 0 Å². The van der Waals surface area contributed by atoms with E-state index in [4.69, 9.17) is 4.74 Å². The van der Waals surface area contributed by atoms with Crippen molar-refractivity contribution in [2.45, 2.75) is 50.5 Å². The number of nitrogens with zero attached hydrogens (tertiary/aromatic N) is 1. The van der Waals surface area contributed by atoms with Crippen LogP contribution in [0.3, 0.4) is 0 Å². The van der Waals surface area contributed by atoms with Crippen molar-refractivity contribution < 1.29 is 27.4 Å². The van der Waals surface area contributed by atoms with Crippen LogP contribution < -0.4 is 4.74 Å². The number of hydrogen-bond acceptors (Lipinski definition) is 4. The van der Waals surface area contributed by atoms with Crippen LogP contribution >= 0.6 is 0 Å². The van der Waals surface area contributed by atoms with Crippen molar-refractivity contribution in [1.82, 2.24) is 3.97 Å². The second-order valence-corrected chi connectivity index (χ2v) is 9.98. The largest absolute Gasteiger partial charge is 0.488 e. The summed E-state index contributed by atoms with van der Waals surface area (Å²) in [4.78, 5) is 11.4. The van der Waals surface area contributed by atoms with Crippen LogP contribution in [0.4, 0.5) is 4.39 Å². The first-order valence-corrected chi connectivity index (χ1v) is 11.0. The number of aryl methyl sites for hydroxylation is 1. The molecule has 0 fully saturated rings. The number of halogens is 1. The lowest BCUT2D eigenvalue weighted by Gasteiger charge is -2.32.